The summed E-state index contributed by atoms with van der Waals surface area (Å²) in [7, 11) is 1.63. The summed E-state index contributed by atoms with van der Waals surface area (Å²) in [5, 5.41) is 0.320. The molecule has 0 unspecified atom stereocenters. The van der Waals surface area contributed by atoms with Crippen LogP contribution in [0.5, 0.6) is 0 Å². The average Bonchev–Trinajstić information content (AvgIpc) is 3.73. The summed E-state index contributed by atoms with van der Waals surface area (Å²) in [5.41, 5.74) is 0.931. The number of pyridine rings is 2. The lowest BCUT2D eigenvalue weighted by molar-refractivity contribution is -0.0439. The minimum absolute atomic E-state index is 0.0529. The minimum Gasteiger partial charge on any atom is -0.373 e. The Bertz CT molecular complexity index is 1580. The highest BCUT2D eigenvalue weighted by Crippen LogP contribution is 2.40. The number of rotatable bonds is 4. The number of nitrogens with zero attached hydrogens (tertiary/aromatic N) is 4. The molecule has 0 radical (unpaired) electrons. The van der Waals surface area contributed by atoms with Crippen LogP contribution in [0.1, 0.15) is 92.4 Å². The van der Waals surface area contributed by atoms with Gasteiger partial charge in [-0.15, -0.1) is 0 Å². The van der Waals surface area contributed by atoms with E-state index in [1.54, 1.807) is 30.7 Å². The molecule has 0 spiro atoms. The van der Waals surface area contributed by atoms with E-state index in [1.807, 2.05) is 12.3 Å². The van der Waals surface area contributed by atoms with E-state index < -0.39 is 12.0 Å². The molecule has 8 nitrogen and oxygen atoms in total. The monoisotopic (exact) mass is 526 g/mol. The summed E-state index contributed by atoms with van der Waals surface area (Å²) < 4.78 is 38.7. The molecule has 3 aliphatic rings. The van der Waals surface area contributed by atoms with Gasteiger partial charge in [0.15, 0.2) is 5.65 Å². The Hall–Kier alpha value is -3.14. The first kappa shape index (κ1) is 25.2. The van der Waals surface area contributed by atoms with Crippen LogP contribution in [0.25, 0.3) is 11.0 Å². The van der Waals surface area contributed by atoms with Gasteiger partial charge < -0.3 is 9.30 Å². The van der Waals surface area contributed by atoms with Crippen LogP contribution in [0.3, 0.4) is 0 Å². The normalized spacial score (nSPS) is 24.1. The van der Waals surface area contributed by atoms with Gasteiger partial charge in [-0.3, -0.25) is 23.5 Å². The molecular weight excluding hydrogens is 494 g/mol. The SMILES string of the molecule is Cc1nc2c(cc([C@H]3CCO[C@@H](c4ccn(C5CC5)c(=O)c4)C3)c(=O)n2C2CCC(F)(F)CC2)c(=O)n1C. The topological polar surface area (TPSA) is 88.1 Å². The molecule has 6 rings (SSSR count). The van der Waals surface area contributed by atoms with Crippen LogP contribution in [-0.4, -0.2) is 31.2 Å². The van der Waals surface area contributed by atoms with Crippen molar-refractivity contribution in [1.29, 1.82) is 0 Å². The molecule has 2 aliphatic carbocycles. The van der Waals surface area contributed by atoms with Gasteiger partial charge in [-0.2, -0.15) is 0 Å². The summed E-state index contributed by atoms with van der Waals surface area (Å²) in [4.78, 5) is 44.5. The highest BCUT2D eigenvalue weighted by atomic mass is 19.3. The van der Waals surface area contributed by atoms with Gasteiger partial charge >= 0.3 is 0 Å². The van der Waals surface area contributed by atoms with Crippen LogP contribution in [0.2, 0.25) is 0 Å². The highest BCUT2D eigenvalue weighted by molar-refractivity contribution is 5.75. The summed E-state index contributed by atoms with van der Waals surface area (Å²) >= 11 is 0. The second-order valence-corrected chi connectivity index (χ2v) is 11.1. The summed E-state index contributed by atoms with van der Waals surface area (Å²) in [6.45, 7) is 2.09. The second-order valence-electron chi connectivity index (χ2n) is 11.1. The molecule has 0 aromatic carbocycles. The van der Waals surface area contributed by atoms with Crippen LogP contribution >= 0.6 is 0 Å². The predicted octanol–water partition coefficient (Wildman–Crippen LogP) is 4.29. The maximum absolute atomic E-state index is 14.0. The number of fused-ring (bicyclic) bond motifs is 1. The van der Waals surface area contributed by atoms with Gasteiger partial charge in [0.1, 0.15) is 5.82 Å². The van der Waals surface area contributed by atoms with Crippen LogP contribution in [0.15, 0.2) is 38.8 Å². The Labute approximate surface area is 217 Å². The standard InChI is InChI=1S/C28H32F2N4O4/c1-16-31-25-22(26(36)32(16)2)15-21(27(37)34(25)20-5-9-28(29,30)10-6-20)17-8-12-38-23(13-17)18-7-11-33(19-3-4-19)24(35)14-18/h7,11,14-15,17,19-20,23H,3-6,8-10,12-13H2,1-2H3/t17-,23+/m0/s1. The molecule has 0 bridgehead atoms. The molecule has 0 N–H and O–H groups in total. The summed E-state index contributed by atoms with van der Waals surface area (Å²) in [6, 6.07) is 5.02. The fourth-order valence-corrected chi connectivity index (χ4v) is 6.06. The van der Waals surface area contributed by atoms with E-state index >= 15 is 0 Å². The van der Waals surface area contributed by atoms with Crippen LogP contribution < -0.4 is 16.7 Å². The number of aryl methyl sites for hydroxylation is 1. The third kappa shape index (κ3) is 4.42. The first-order valence-electron chi connectivity index (χ1n) is 13.5. The molecule has 0 amide bonds. The van der Waals surface area contributed by atoms with E-state index in [0.717, 1.165) is 18.4 Å². The Morgan fingerprint density at radius 3 is 2.42 bits per heavy atom. The third-order valence-electron chi connectivity index (χ3n) is 8.58. The van der Waals surface area contributed by atoms with Crippen molar-refractivity contribution < 1.29 is 13.5 Å². The smallest absolute Gasteiger partial charge is 0.262 e. The molecule has 4 heterocycles. The zero-order chi connectivity index (χ0) is 26.8. The molecule has 2 atom stereocenters. The molecule has 3 aromatic rings. The van der Waals surface area contributed by atoms with Gasteiger partial charge in [0.05, 0.1) is 11.5 Å². The Balaban J connectivity index is 1.41. The number of halogens is 2. The Morgan fingerprint density at radius 2 is 1.74 bits per heavy atom. The number of aromatic nitrogens is 4. The van der Waals surface area contributed by atoms with Crippen molar-refractivity contribution in [3.8, 4) is 0 Å². The molecule has 1 saturated heterocycles. The fourth-order valence-electron chi connectivity index (χ4n) is 6.06. The lowest BCUT2D eigenvalue weighted by Gasteiger charge is -2.33. The fraction of sp³-hybridized carbons (Fsp3) is 0.571. The van der Waals surface area contributed by atoms with Gasteiger partial charge in [-0.25, -0.2) is 13.8 Å². The Morgan fingerprint density at radius 1 is 1.00 bits per heavy atom. The van der Waals surface area contributed by atoms with Crippen LogP contribution in [0.4, 0.5) is 8.78 Å². The zero-order valence-corrected chi connectivity index (χ0v) is 21.7. The van der Waals surface area contributed by atoms with Gasteiger partial charge in [-0.05, 0) is 69.1 Å². The van der Waals surface area contributed by atoms with Crippen LogP contribution in [0, 0.1) is 6.92 Å². The molecule has 1 aliphatic heterocycles. The maximum Gasteiger partial charge on any atom is 0.262 e. The number of hydrogen-bond acceptors (Lipinski definition) is 5. The summed E-state index contributed by atoms with van der Waals surface area (Å²) in [5.74, 6) is -2.50. The molecule has 2 saturated carbocycles. The van der Waals surface area contributed by atoms with Crippen molar-refractivity contribution in [2.45, 2.75) is 88.3 Å². The first-order valence-corrected chi connectivity index (χ1v) is 13.5. The first-order chi connectivity index (χ1) is 18.1. The second kappa shape index (κ2) is 9.25. The zero-order valence-electron chi connectivity index (χ0n) is 21.7. The van der Waals surface area contributed by atoms with Crippen LogP contribution in [-0.2, 0) is 11.8 Å². The van der Waals surface area contributed by atoms with Gasteiger partial charge in [0.25, 0.3) is 16.7 Å². The van der Waals surface area contributed by atoms with Crippen molar-refractivity contribution in [3.05, 3.63) is 72.4 Å². The number of alkyl halides is 2. The van der Waals surface area contributed by atoms with Crippen molar-refractivity contribution in [2.75, 3.05) is 6.61 Å². The van der Waals surface area contributed by atoms with Crippen molar-refractivity contribution in [2.24, 2.45) is 7.05 Å². The molecule has 202 valence electrons. The summed E-state index contributed by atoms with van der Waals surface area (Å²) in [6.07, 6.45) is 4.26. The third-order valence-corrected chi connectivity index (χ3v) is 8.58. The van der Waals surface area contributed by atoms with E-state index in [-0.39, 0.29) is 66.1 Å². The minimum atomic E-state index is -2.74. The van der Waals surface area contributed by atoms with Crippen molar-refractivity contribution >= 4 is 11.0 Å². The lowest BCUT2D eigenvalue weighted by Crippen LogP contribution is -2.36. The average molecular weight is 527 g/mol. The van der Waals surface area contributed by atoms with Gasteiger partial charge in [0.2, 0.25) is 5.92 Å². The van der Waals surface area contributed by atoms with Gasteiger partial charge in [-0.1, -0.05) is 0 Å². The van der Waals surface area contributed by atoms with Crippen molar-refractivity contribution in [1.82, 2.24) is 18.7 Å². The molecule has 38 heavy (non-hydrogen) atoms. The quantitative estimate of drug-likeness (QED) is 0.506. The van der Waals surface area contributed by atoms with E-state index in [0.29, 0.717) is 36.2 Å². The predicted molar refractivity (Wildman–Crippen MR) is 138 cm³/mol. The maximum atomic E-state index is 14.0. The van der Waals surface area contributed by atoms with E-state index in [1.165, 1.54) is 9.13 Å². The highest BCUT2D eigenvalue weighted by Gasteiger charge is 2.37. The van der Waals surface area contributed by atoms with E-state index in [4.69, 9.17) is 4.74 Å². The molecule has 3 aromatic heterocycles. The van der Waals surface area contributed by atoms with Crippen molar-refractivity contribution in [3.63, 3.8) is 0 Å². The molecular formula is C28H32F2N4O4. The van der Waals surface area contributed by atoms with Gasteiger partial charge in [0, 0.05) is 56.4 Å². The molecule has 10 heteroatoms. The number of ether oxygens (including phenoxy) is 1. The number of hydrogen-bond donors (Lipinski definition) is 0. The lowest BCUT2D eigenvalue weighted by atomic mass is 9.86. The largest absolute Gasteiger partial charge is 0.373 e. The Kier molecular flexibility index (Phi) is 6.13. The van der Waals surface area contributed by atoms with E-state index in [9.17, 15) is 23.2 Å². The molecule has 3 fully saturated rings. The van der Waals surface area contributed by atoms with E-state index in [2.05, 4.69) is 4.98 Å².